The molecule has 2 nitrogen and oxygen atoms in total. The minimum absolute atomic E-state index is 0.0769. The topological polar surface area (TPSA) is 12.5 Å². The molecule has 0 aromatic heterocycles. The third-order valence-electron chi connectivity index (χ3n) is 2.29. The average Bonchev–Trinajstić information content (AvgIpc) is 2.29. The Hall–Kier alpha value is -0.870. The number of ether oxygens (including phenoxy) is 1. The number of hydrogen-bond acceptors (Lipinski definition) is 2. The first kappa shape index (κ1) is 13.2. The van der Waals surface area contributed by atoms with Gasteiger partial charge in [0, 0.05) is 12.6 Å². The van der Waals surface area contributed by atoms with Crippen molar-refractivity contribution in [2.75, 3.05) is 26.7 Å². The largest absolute Gasteiger partial charge is 0.494 e. The van der Waals surface area contributed by atoms with E-state index in [1.807, 2.05) is 11.9 Å². The fraction of sp³-hybridized carbons (Fsp3) is 0.455. The second-order valence-electron chi connectivity index (χ2n) is 3.53. The standard InChI is InChI=1S/C11H14ClF2NO/c1-15(7-12)4-3-8-5-10(14)11(16-2)6-9(8)13/h5-6H,3-4,7H2,1-2H3. The molecule has 0 bridgehead atoms. The van der Waals surface area contributed by atoms with E-state index in [0.29, 0.717) is 24.5 Å². The lowest BCUT2D eigenvalue weighted by molar-refractivity contribution is 0.376. The molecule has 90 valence electrons. The van der Waals surface area contributed by atoms with Crippen molar-refractivity contribution in [1.82, 2.24) is 4.90 Å². The Bertz CT molecular complexity index is 360. The fourth-order valence-electron chi connectivity index (χ4n) is 1.29. The molecule has 0 heterocycles. The molecule has 5 heteroatoms. The van der Waals surface area contributed by atoms with Crippen LogP contribution in [0.25, 0.3) is 0 Å². The van der Waals surface area contributed by atoms with Crippen LogP contribution in [0.15, 0.2) is 12.1 Å². The quantitative estimate of drug-likeness (QED) is 0.588. The summed E-state index contributed by atoms with van der Waals surface area (Å²) in [6.07, 6.45) is 0.413. The molecular weight excluding hydrogens is 236 g/mol. The molecule has 0 aliphatic carbocycles. The van der Waals surface area contributed by atoms with Crippen molar-refractivity contribution < 1.29 is 13.5 Å². The number of halogens is 3. The maximum atomic E-state index is 13.5. The highest BCUT2D eigenvalue weighted by atomic mass is 35.5. The summed E-state index contributed by atoms with van der Waals surface area (Å²) in [6.45, 7) is 0.576. The smallest absolute Gasteiger partial charge is 0.165 e. The maximum absolute atomic E-state index is 13.5. The highest BCUT2D eigenvalue weighted by molar-refractivity contribution is 6.17. The van der Waals surface area contributed by atoms with Crippen molar-refractivity contribution >= 4 is 11.6 Å². The number of methoxy groups -OCH3 is 1. The van der Waals surface area contributed by atoms with Crippen LogP contribution in [0.4, 0.5) is 8.78 Å². The molecule has 0 amide bonds. The van der Waals surface area contributed by atoms with Crippen LogP contribution in [0.3, 0.4) is 0 Å². The Morgan fingerprint density at radius 3 is 2.56 bits per heavy atom. The van der Waals surface area contributed by atoms with Crippen LogP contribution >= 0.6 is 11.6 Å². The Morgan fingerprint density at radius 1 is 1.31 bits per heavy atom. The van der Waals surface area contributed by atoms with E-state index in [1.165, 1.54) is 7.11 Å². The van der Waals surface area contributed by atoms with Gasteiger partial charge in [-0.2, -0.15) is 0 Å². The van der Waals surface area contributed by atoms with Gasteiger partial charge in [0.1, 0.15) is 5.82 Å². The molecule has 0 unspecified atom stereocenters. The highest BCUT2D eigenvalue weighted by Gasteiger charge is 2.10. The van der Waals surface area contributed by atoms with Gasteiger partial charge in [0.25, 0.3) is 0 Å². The van der Waals surface area contributed by atoms with E-state index in [-0.39, 0.29) is 5.75 Å². The third kappa shape index (κ3) is 3.32. The van der Waals surface area contributed by atoms with Crippen LogP contribution in [-0.4, -0.2) is 31.6 Å². The number of benzene rings is 1. The van der Waals surface area contributed by atoms with Crippen molar-refractivity contribution in [2.45, 2.75) is 6.42 Å². The number of rotatable bonds is 5. The molecule has 0 aliphatic rings. The monoisotopic (exact) mass is 249 g/mol. The Labute approximate surface area is 98.8 Å². The molecule has 0 aliphatic heterocycles. The average molecular weight is 250 g/mol. The summed E-state index contributed by atoms with van der Waals surface area (Å²) in [4.78, 5) is 1.81. The molecule has 0 saturated heterocycles. The third-order valence-corrected chi connectivity index (χ3v) is 2.70. The van der Waals surface area contributed by atoms with Gasteiger partial charge in [0.15, 0.2) is 11.6 Å². The number of likely N-dealkylation sites (N-methyl/N-ethyl adjacent to an activating group) is 1. The second kappa shape index (κ2) is 6.01. The SMILES string of the molecule is COc1cc(F)c(CCN(C)CCl)cc1F. The molecule has 1 rings (SSSR count). The summed E-state index contributed by atoms with van der Waals surface area (Å²) >= 11 is 5.58. The lowest BCUT2D eigenvalue weighted by Gasteiger charge is -2.13. The Balaban J connectivity index is 2.77. The lowest BCUT2D eigenvalue weighted by Crippen LogP contribution is -2.19. The Kier molecular flexibility index (Phi) is 4.96. The second-order valence-corrected chi connectivity index (χ2v) is 3.77. The zero-order valence-electron chi connectivity index (χ0n) is 9.27. The number of hydrogen-bond donors (Lipinski definition) is 0. The van der Waals surface area contributed by atoms with Crippen LogP contribution in [0, 0.1) is 11.6 Å². The van der Waals surface area contributed by atoms with E-state index in [2.05, 4.69) is 4.74 Å². The summed E-state index contributed by atoms with van der Waals surface area (Å²) in [5.41, 5.74) is 0.329. The molecule has 0 spiro atoms. The van der Waals surface area contributed by atoms with Gasteiger partial charge in [-0.1, -0.05) is 0 Å². The highest BCUT2D eigenvalue weighted by Crippen LogP contribution is 2.21. The van der Waals surface area contributed by atoms with E-state index in [4.69, 9.17) is 11.6 Å². The predicted molar refractivity (Wildman–Crippen MR) is 60.0 cm³/mol. The zero-order chi connectivity index (χ0) is 12.1. The maximum Gasteiger partial charge on any atom is 0.165 e. The van der Waals surface area contributed by atoms with Gasteiger partial charge in [-0.3, -0.25) is 4.90 Å². The summed E-state index contributed by atoms with van der Waals surface area (Å²) in [6, 6.07) is 2.59. The molecule has 0 fully saturated rings. The van der Waals surface area contributed by atoms with Crippen LogP contribution in [0.2, 0.25) is 0 Å². The molecule has 16 heavy (non-hydrogen) atoms. The summed E-state index contributed by atoms with van der Waals surface area (Å²) in [5.74, 6) is -1.08. The molecule has 0 atom stereocenters. The molecule has 0 saturated carbocycles. The van der Waals surface area contributed by atoms with Gasteiger partial charge in [0.2, 0.25) is 0 Å². The van der Waals surface area contributed by atoms with Crippen LogP contribution in [0.1, 0.15) is 5.56 Å². The molecule has 1 aromatic rings. The first-order chi connectivity index (χ1) is 7.58. The van der Waals surface area contributed by atoms with E-state index < -0.39 is 11.6 Å². The van der Waals surface area contributed by atoms with Crippen molar-refractivity contribution in [1.29, 1.82) is 0 Å². The summed E-state index contributed by atoms with van der Waals surface area (Å²) in [5, 5.41) is 0. The van der Waals surface area contributed by atoms with E-state index in [0.717, 1.165) is 12.1 Å². The van der Waals surface area contributed by atoms with Gasteiger partial charge in [-0.05, 0) is 25.1 Å². The minimum atomic E-state index is -0.549. The van der Waals surface area contributed by atoms with Crippen LogP contribution < -0.4 is 4.74 Å². The first-order valence-corrected chi connectivity index (χ1v) is 5.38. The summed E-state index contributed by atoms with van der Waals surface area (Å²) < 4.78 is 31.5. The lowest BCUT2D eigenvalue weighted by atomic mass is 10.1. The van der Waals surface area contributed by atoms with Gasteiger partial charge >= 0.3 is 0 Å². The van der Waals surface area contributed by atoms with Gasteiger partial charge in [0.05, 0.1) is 13.1 Å². The van der Waals surface area contributed by atoms with Gasteiger partial charge in [-0.15, -0.1) is 11.6 Å². The molecule has 0 N–H and O–H groups in total. The van der Waals surface area contributed by atoms with Crippen molar-refractivity contribution in [3.8, 4) is 5.75 Å². The van der Waals surface area contributed by atoms with Gasteiger partial charge < -0.3 is 4.74 Å². The molecular formula is C11H14ClF2NO. The van der Waals surface area contributed by atoms with E-state index in [1.54, 1.807) is 0 Å². The number of nitrogens with zero attached hydrogens (tertiary/aromatic N) is 1. The molecule has 0 radical (unpaired) electrons. The Morgan fingerprint density at radius 2 is 2.00 bits per heavy atom. The van der Waals surface area contributed by atoms with Crippen LogP contribution in [-0.2, 0) is 6.42 Å². The number of alkyl halides is 1. The molecule has 1 aromatic carbocycles. The summed E-state index contributed by atoms with van der Waals surface area (Å²) in [7, 11) is 3.11. The normalized spacial score (nSPS) is 10.9. The zero-order valence-corrected chi connectivity index (χ0v) is 10.0. The first-order valence-electron chi connectivity index (χ1n) is 4.85. The fourth-order valence-corrected chi connectivity index (χ4v) is 1.41. The van der Waals surface area contributed by atoms with Gasteiger partial charge in [-0.25, -0.2) is 8.78 Å². The minimum Gasteiger partial charge on any atom is -0.494 e. The van der Waals surface area contributed by atoms with E-state index in [9.17, 15) is 8.78 Å². The van der Waals surface area contributed by atoms with Crippen LogP contribution in [0.5, 0.6) is 5.75 Å². The van der Waals surface area contributed by atoms with E-state index >= 15 is 0 Å². The van der Waals surface area contributed by atoms with Crippen molar-refractivity contribution in [2.24, 2.45) is 0 Å². The van der Waals surface area contributed by atoms with Crippen molar-refractivity contribution in [3.05, 3.63) is 29.3 Å². The van der Waals surface area contributed by atoms with Crippen molar-refractivity contribution in [3.63, 3.8) is 0 Å². The predicted octanol–water partition coefficient (Wildman–Crippen LogP) is 2.64.